The molecule has 1 aromatic carbocycles. The van der Waals surface area contributed by atoms with Crippen molar-refractivity contribution in [1.29, 1.82) is 0 Å². The maximum Gasteiger partial charge on any atom is 0.170 e. The molecule has 0 aliphatic heterocycles. The molecule has 0 atom stereocenters. The molecule has 1 saturated carbocycles. The number of carbonyl (C=O) groups is 2. The molecule has 2 N–H and O–H groups in total. The van der Waals surface area contributed by atoms with Gasteiger partial charge in [-0.05, 0) is 48.6 Å². The molecule has 1 aliphatic carbocycles. The highest BCUT2D eigenvalue weighted by molar-refractivity contribution is 6.22. The number of aliphatic hydroxyl groups excluding tert-OH is 1. The monoisotopic (exact) mass is 288 g/mol. The highest BCUT2D eigenvalue weighted by atomic mass is 16.3. The lowest BCUT2D eigenvalue weighted by atomic mass is 9.76. The molecule has 0 heterocycles. The minimum Gasteiger partial charge on any atom is -0.511 e. The summed E-state index contributed by atoms with van der Waals surface area (Å²) in [7, 11) is 0. The summed E-state index contributed by atoms with van der Waals surface area (Å²) in [6.07, 6.45) is 0.726. The summed E-state index contributed by atoms with van der Waals surface area (Å²) < 4.78 is 0. The van der Waals surface area contributed by atoms with Gasteiger partial charge in [0.25, 0.3) is 0 Å². The number of phenols is 1. The fraction of sp³-hybridized carbons (Fsp3) is 0.412. The topological polar surface area (TPSA) is 74.6 Å². The van der Waals surface area contributed by atoms with Gasteiger partial charge in [-0.25, -0.2) is 0 Å². The summed E-state index contributed by atoms with van der Waals surface area (Å²) in [4.78, 5) is 24.4. The van der Waals surface area contributed by atoms with Crippen LogP contribution < -0.4 is 0 Å². The molecule has 0 unspecified atom stereocenters. The molecule has 0 amide bonds. The van der Waals surface area contributed by atoms with E-state index in [1.807, 2.05) is 13.8 Å². The molecule has 4 nitrogen and oxygen atoms in total. The number of hydrogen-bond donors (Lipinski definition) is 2. The van der Waals surface area contributed by atoms with E-state index >= 15 is 0 Å². The number of rotatable bonds is 2. The normalized spacial score (nSPS) is 19.0. The summed E-state index contributed by atoms with van der Waals surface area (Å²) in [5.74, 6) is -0.682. The molecule has 21 heavy (non-hydrogen) atoms. The van der Waals surface area contributed by atoms with Gasteiger partial charge in [-0.1, -0.05) is 6.92 Å². The van der Waals surface area contributed by atoms with Crippen LogP contribution in [0.3, 0.4) is 0 Å². The number of aromatic hydroxyl groups is 1. The molecule has 0 spiro atoms. The van der Waals surface area contributed by atoms with Crippen molar-refractivity contribution in [1.82, 2.24) is 0 Å². The predicted octanol–water partition coefficient (Wildman–Crippen LogP) is 3.25. The first kappa shape index (κ1) is 15.3. The van der Waals surface area contributed by atoms with Crippen molar-refractivity contribution < 1.29 is 19.8 Å². The van der Waals surface area contributed by atoms with E-state index in [-0.39, 0.29) is 53.8 Å². The third kappa shape index (κ3) is 2.84. The van der Waals surface area contributed by atoms with Gasteiger partial charge in [0.15, 0.2) is 11.6 Å². The van der Waals surface area contributed by atoms with Gasteiger partial charge >= 0.3 is 0 Å². The van der Waals surface area contributed by atoms with Gasteiger partial charge in [0.05, 0.1) is 5.57 Å². The highest BCUT2D eigenvalue weighted by Gasteiger charge is 2.34. The van der Waals surface area contributed by atoms with Gasteiger partial charge in [0, 0.05) is 19.3 Å². The van der Waals surface area contributed by atoms with Gasteiger partial charge in [-0.2, -0.15) is 0 Å². The zero-order valence-corrected chi connectivity index (χ0v) is 12.6. The number of hydrogen-bond acceptors (Lipinski definition) is 4. The van der Waals surface area contributed by atoms with Crippen LogP contribution in [-0.2, 0) is 9.59 Å². The Morgan fingerprint density at radius 2 is 1.62 bits per heavy atom. The van der Waals surface area contributed by atoms with Crippen molar-refractivity contribution in [3.8, 4) is 5.75 Å². The number of allylic oxidation sites excluding steroid dienone is 2. The van der Waals surface area contributed by atoms with Crippen molar-refractivity contribution in [2.45, 2.75) is 46.0 Å². The Hall–Kier alpha value is -2.10. The van der Waals surface area contributed by atoms with Gasteiger partial charge in [0.1, 0.15) is 11.5 Å². The maximum absolute atomic E-state index is 12.2. The minimum absolute atomic E-state index is 0.0252. The van der Waals surface area contributed by atoms with Crippen LogP contribution in [0.1, 0.15) is 48.8 Å². The standard InChI is InChI=1S/C17H20O4/c1-4-13(19)17-14(20)7-11(8-15(17)21)16-9(2)5-12(18)6-10(16)3/h5-6,11,18-19H,4,7-8H2,1-3H3. The van der Waals surface area contributed by atoms with Crippen molar-refractivity contribution in [3.63, 3.8) is 0 Å². The van der Waals surface area contributed by atoms with Gasteiger partial charge < -0.3 is 10.2 Å². The van der Waals surface area contributed by atoms with Gasteiger partial charge in [-0.3, -0.25) is 9.59 Å². The molecule has 0 saturated heterocycles. The Morgan fingerprint density at radius 3 is 2.05 bits per heavy atom. The average molecular weight is 288 g/mol. The van der Waals surface area contributed by atoms with E-state index in [9.17, 15) is 19.8 Å². The zero-order valence-electron chi connectivity index (χ0n) is 12.6. The molecular weight excluding hydrogens is 268 g/mol. The first-order valence-corrected chi connectivity index (χ1v) is 7.13. The third-order valence-electron chi connectivity index (χ3n) is 4.03. The lowest BCUT2D eigenvalue weighted by Crippen LogP contribution is -2.27. The van der Waals surface area contributed by atoms with Gasteiger partial charge in [0.2, 0.25) is 0 Å². The summed E-state index contributed by atoms with van der Waals surface area (Å²) in [5, 5.41) is 19.3. The number of phenolic OH excluding ortho intramolecular Hbond substituents is 1. The fourth-order valence-electron chi connectivity index (χ4n) is 3.18. The second kappa shape index (κ2) is 5.72. The second-order valence-corrected chi connectivity index (χ2v) is 5.62. The quantitative estimate of drug-likeness (QED) is 0.497. The number of ketones is 2. The Morgan fingerprint density at radius 1 is 1.14 bits per heavy atom. The summed E-state index contributed by atoms with van der Waals surface area (Å²) in [5.41, 5.74) is 2.68. The SMILES string of the molecule is CCC(O)=C1C(=O)CC(c2c(C)cc(O)cc2C)CC1=O. The van der Waals surface area contributed by atoms with E-state index in [2.05, 4.69) is 0 Å². The first-order chi connectivity index (χ1) is 9.85. The smallest absolute Gasteiger partial charge is 0.170 e. The molecule has 0 aromatic heterocycles. The molecule has 112 valence electrons. The van der Waals surface area contributed by atoms with Crippen molar-refractivity contribution >= 4 is 11.6 Å². The van der Waals surface area contributed by atoms with E-state index in [0.717, 1.165) is 16.7 Å². The van der Waals surface area contributed by atoms with Gasteiger partial charge in [-0.15, -0.1) is 0 Å². The van der Waals surface area contributed by atoms with Crippen LogP contribution in [0.4, 0.5) is 0 Å². The molecule has 0 bridgehead atoms. The average Bonchev–Trinajstić information content (AvgIpc) is 2.36. The summed E-state index contributed by atoms with van der Waals surface area (Å²) in [6, 6.07) is 3.29. The predicted molar refractivity (Wildman–Crippen MR) is 79.5 cm³/mol. The maximum atomic E-state index is 12.2. The van der Waals surface area contributed by atoms with Crippen LogP contribution in [-0.4, -0.2) is 21.8 Å². The van der Waals surface area contributed by atoms with E-state index in [0.29, 0.717) is 0 Å². The van der Waals surface area contributed by atoms with E-state index in [4.69, 9.17) is 0 Å². The van der Waals surface area contributed by atoms with E-state index in [1.54, 1.807) is 19.1 Å². The molecule has 2 rings (SSSR count). The largest absolute Gasteiger partial charge is 0.511 e. The second-order valence-electron chi connectivity index (χ2n) is 5.62. The number of Topliss-reactive ketones (excluding diaryl/α,β-unsaturated/α-hetero) is 2. The van der Waals surface area contributed by atoms with Crippen LogP contribution in [0.25, 0.3) is 0 Å². The van der Waals surface area contributed by atoms with E-state index in [1.165, 1.54) is 0 Å². The van der Waals surface area contributed by atoms with Crippen molar-refractivity contribution in [2.75, 3.05) is 0 Å². The molecule has 1 aliphatic rings. The van der Waals surface area contributed by atoms with Crippen LogP contribution in [0.2, 0.25) is 0 Å². The third-order valence-corrected chi connectivity index (χ3v) is 4.03. The van der Waals surface area contributed by atoms with Crippen LogP contribution in [0.5, 0.6) is 5.75 Å². The number of aliphatic hydroxyl groups is 1. The molecular formula is C17H20O4. The molecule has 4 heteroatoms. The Bertz CT molecular complexity index is 597. The number of benzene rings is 1. The number of carbonyl (C=O) groups excluding carboxylic acids is 2. The molecule has 1 fully saturated rings. The molecule has 0 radical (unpaired) electrons. The Kier molecular flexibility index (Phi) is 4.16. The van der Waals surface area contributed by atoms with Crippen molar-refractivity contribution in [2.24, 2.45) is 0 Å². The first-order valence-electron chi connectivity index (χ1n) is 7.13. The zero-order chi connectivity index (χ0) is 15.7. The minimum atomic E-state index is -0.289. The summed E-state index contributed by atoms with van der Waals surface area (Å²) >= 11 is 0. The Balaban J connectivity index is 2.39. The van der Waals surface area contributed by atoms with E-state index < -0.39 is 0 Å². The Labute approximate surface area is 124 Å². The molecule has 1 aromatic rings. The fourth-order valence-corrected chi connectivity index (χ4v) is 3.18. The van der Waals surface area contributed by atoms with Crippen molar-refractivity contribution in [3.05, 3.63) is 40.2 Å². The lowest BCUT2D eigenvalue weighted by molar-refractivity contribution is -0.124. The number of aryl methyl sites for hydroxylation is 2. The van der Waals surface area contributed by atoms with Crippen LogP contribution in [0.15, 0.2) is 23.5 Å². The highest BCUT2D eigenvalue weighted by Crippen LogP contribution is 2.37. The lowest BCUT2D eigenvalue weighted by Gasteiger charge is -2.25. The summed E-state index contributed by atoms with van der Waals surface area (Å²) in [6.45, 7) is 5.45. The van der Waals surface area contributed by atoms with Crippen LogP contribution in [0, 0.1) is 13.8 Å². The van der Waals surface area contributed by atoms with Crippen LogP contribution >= 0.6 is 0 Å².